The van der Waals surface area contributed by atoms with Crippen molar-refractivity contribution in [2.75, 3.05) is 7.05 Å². The van der Waals surface area contributed by atoms with Crippen molar-refractivity contribution in [2.45, 2.75) is 26.8 Å². The molecule has 1 aromatic rings. The predicted octanol–water partition coefficient (Wildman–Crippen LogP) is 2.65. The summed E-state index contributed by atoms with van der Waals surface area (Å²) in [5.41, 5.74) is 2.44. The molecule has 0 spiro atoms. The van der Waals surface area contributed by atoms with Crippen molar-refractivity contribution in [3.8, 4) is 0 Å². The van der Waals surface area contributed by atoms with E-state index in [4.69, 9.17) is 4.42 Å². The Bertz CT molecular complexity index is 312. The fourth-order valence-electron chi connectivity index (χ4n) is 1.65. The van der Waals surface area contributed by atoms with Gasteiger partial charge in [-0.25, -0.2) is 0 Å². The van der Waals surface area contributed by atoms with Crippen molar-refractivity contribution in [3.63, 3.8) is 0 Å². The molecule has 1 atom stereocenters. The van der Waals surface area contributed by atoms with E-state index in [2.05, 4.69) is 18.8 Å². The van der Waals surface area contributed by atoms with Gasteiger partial charge in [0.2, 0.25) is 0 Å². The maximum Gasteiger partial charge on any atom is 0.106 e. The molecule has 13 heavy (non-hydrogen) atoms. The highest BCUT2D eigenvalue weighted by Gasteiger charge is 2.16. The second-order valence-corrected chi connectivity index (χ2v) is 3.26. The van der Waals surface area contributed by atoms with Crippen LogP contribution in [-0.4, -0.2) is 7.05 Å². The van der Waals surface area contributed by atoms with Crippen LogP contribution in [0.1, 0.15) is 28.7 Å². The molecule has 2 heteroatoms. The maximum absolute atomic E-state index is 5.54. The fraction of sp³-hybridized carbons (Fsp3) is 0.455. The van der Waals surface area contributed by atoms with E-state index in [1.54, 1.807) is 0 Å². The predicted molar refractivity (Wildman–Crippen MR) is 54.9 cm³/mol. The van der Waals surface area contributed by atoms with Gasteiger partial charge in [-0.15, -0.1) is 6.58 Å². The largest absolute Gasteiger partial charge is 0.466 e. The van der Waals surface area contributed by atoms with Gasteiger partial charge in [-0.05, 0) is 33.4 Å². The minimum atomic E-state index is 0.192. The third-order valence-electron chi connectivity index (χ3n) is 2.48. The topological polar surface area (TPSA) is 25.2 Å². The molecular formula is C11H17NO. The molecule has 0 saturated carbocycles. The number of nitrogens with one attached hydrogen (secondary N) is 1. The Morgan fingerprint density at radius 2 is 1.92 bits per heavy atom. The maximum atomic E-state index is 5.54. The van der Waals surface area contributed by atoms with Gasteiger partial charge in [-0.2, -0.15) is 0 Å². The van der Waals surface area contributed by atoms with Crippen LogP contribution in [0.3, 0.4) is 0 Å². The first-order chi connectivity index (χ1) is 6.11. The molecule has 0 aliphatic rings. The smallest absolute Gasteiger partial charge is 0.106 e. The van der Waals surface area contributed by atoms with Crippen LogP contribution in [0.15, 0.2) is 17.1 Å². The lowest BCUT2D eigenvalue weighted by molar-refractivity contribution is 0.496. The lowest BCUT2D eigenvalue weighted by Crippen LogP contribution is -2.14. The number of hydrogen-bond donors (Lipinski definition) is 1. The summed E-state index contributed by atoms with van der Waals surface area (Å²) in [7, 11) is 1.92. The number of rotatable bonds is 3. The summed E-state index contributed by atoms with van der Waals surface area (Å²) in [6.07, 6.45) is 1.89. The van der Waals surface area contributed by atoms with Crippen LogP contribution in [0.2, 0.25) is 0 Å². The van der Waals surface area contributed by atoms with Gasteiger partial charge in [0.15, 0.2) is 0 Å². The molecule has 0 bridgehead atoms. The van der Waals surface area contributed by atoms with Crippen molar-refractivity contribution in [1.82, 2.24) is 5.32 Å². The molecule has 1 N–H and O–H groups in total. The Morgan fingerprint density at radius 1 is 1.31 bits per heavy atom. The lowest BCUT2D eigenvalue weighted by atomic mass is 10.0. The van der Waals surface area contributed by atoms with Crippen molar-refractivity contribution < 1.29 is 4.42 Å². The molecule has 1 heterocycles. The van der Waals surface area contributed by atoms with Gasteiger partial charge >= 0.3 is 0 Å². The van der Waals surface area contributed by atoms with Gasteiger partial charge in [0.05, 0.1) is 6.04 Å². The highest BCUT2D eigenvalue weighted by atomic mass is 16.3. The SMILES string of the molecule is C=CC(NC)c1c(C)oc(C)c1C. The summed E-state index contributed by atoms with van der Waals surface area (Å²) in [6, 6.07) is 0.192. The van der Waals surface area contributed by atoms with Crippen molar-refractivity contribution in [2.24, 2.45) is 0 Å². The van der Waals surface area contributed by atoms with Crippen LogP contribution < -0.4 is 5.32 Å². The Labute approximate surface area is 79.6 Å². The normalized spacial score (nSPS) is 12.9. The molecule has 1 aromatic heterocycles. The molecule has 0 fully saturated rings. The van der Waals surface area contributed by atoms with E-state index >= 15 is 0 Å². The molecule has 0 radical (unpaired) electrons. The van der Waals surface area contributed by atoms with Crippen LogP contribution in [-0.2, 0) is 0 Å². The monoisotopic (exact) mass is 179 g/mol. The third kappa shape index (κ3) is 1.68. The van der Waals surface area contributed by atoms with Crippen LogP contribution in [0.5, 0.6) is 0 Å². The Morgan fingerprint density at radius 3 is 2.23 bits per heavy atom. The molecule has 1 unspecified atom stereocenters. The minimum absolute atomic E-state index is 0.192. The average molecular weight is 179 g/mol. The van der Waals surface area contributed by atoms with Crippen LogP contribution in [0.4, 0.5) is 0 Å². The highest BCUT2D eigenvalue weighted by molar-refractivity contribution is 5.36. The van der Waals surface area contributed by atoms with E-state index in [1.165, 1.54) is 11.1 Å². The Balaban J connectivity index is 3.18. The zero-order valence-electron chi connectivity index (χ0n) is 8.77. The van der Waals surface area contributed by atoms with Crippen LogP contribution in [0, 0.1) is 20.8 Å². The van der Waals surface area contributed by atoms with E-state index in [9.17, 15) is 0 Å². The summed E-state index contributed by atoms with van der Waals surface area (Å²) >= 11 is 0. The van der Waals surface area contributed by atoms with Gasteiger partial charge in [0.25, 0.3) is 0 Å². The summed E-state index contributed by atoms with van der Waals surface area (Å²) in [5.74, 6) is 1.98. The lowest BCUT2D eigenvalue weighted by Gasteiger charge is -2.11. The molecule has 0 aromatic carbocycles. The second kappa shape index (κ2) is 3.79. The molecule has 2 nitrogen and oxygen atoms in total. The zero-order valence-corrected chi connectivity index (χ0v) is 8.77. The van der Waals surface area contributed by atoms with Gasteiger partial charge in [0.1, 0.15) is 11.5 Å². The molecule has 0 aliphatic carbocycles. The Kier molecular flexibility index (Phi) is 2.94. The van der Waals surface area contributed by atoms with E-state index in [-0.39, 0.29) is 6.04 Å². The average Bonchev–Trinajstić information content (AvgIpc) is 2.34. The first kappa shape index (κ1) is 10.1. The van der Waals surface area contributed by atoms with Gasteiger partial charge in [-0.1, -0.05) is 6.08 Å². The fourth-order valence-corrected chi connectivity index (χ4v) is 1.65. The molecule has 1 rings (SSSR count). The first-order valence-electron chi connectivity index (χ1n) is 4.48. The Hall–Kier alpha value is -1.02. The van der Waals surface area contributed by atoms with Gasteiger partial charge < -0.3 is 9.73 Å². The second-order valence-electron chi connectivity index (χ2n) is 3.26. The molecule has 0 aliphatic heterocycles. The quantitative estimate of drug-likeness (QED) is 0.722. The van der Waals surface area contributed by atoms with Crippen LogP contribution in [0.25, 0.3) is 0 Å². The van der Waals surface area contributed by atoms with E-state index in [1.807, 2.05) is 27.0 Å². The van der Waals surface area contributed by atoms with E-state index in [0.29, 0.717) is 0 Å². The summed E-state index contributed by atoms with van der Waals surface area (Å²) in [4.78, 5) is 0. The van der Waals surface area contributed by atoms with E-state index in [0.717, 1.165) is 11.5 Å². The number of likely N-dealkylation sites (N-methyl/N-ethyl adjacent to an activating group) is 1. The van der Waals surface area contributed by atoms with Crippen LogP contribution >= 0.6 is 0 Å². The van der Waals surface area contributed by atoms with Crippen molar-refractivity contribution in [1.29, 1.82) is 0 Å². The minimum Gasteiger partial charge on any atom is -0.466 e. The highest BCUT2D eigenvalue weighted by Crippen LogP contribution is 2.27. The number of hydrogen-bond acceptors (Lipinski definition) is 2. The van der Waals surface area contributed by atoms with E-state index < -0.39 is 0 Å². The summed E-state index contributed by atoms with van der Waals surface area (Å²) in [6.45, 7) is 9.85. The molecular weight excluding hydrogens is 162 g/mol. The molecule has 0 amide bonds. The molecule has 0 saturated heterocycles. The zero-order chi connectivity index (χ0) is 10.0. The van der Waals surface area contributed by atoms with Crippen molar-refractivity contribution in [3.05, 3.63) is 35.3 Å². The third-order valence-corrected chi connectivity index (χ3v) is 2.48. The molecule has 72 valence electrons. The van der Waals surface area contributed by atoms with Gasteiger partial charge in [-0.3, -0.25) is 0 Å². The first-order valence-corrected chi connectivity index (χ1v) is 4.48. The number of aryl methyl sites for hydroxylation is 2. The summed E-state index contributed by atoms with van der Waals surface area (Å²) < 4.78 is 5.54. The number of furan rings is 1. The van der Waals surface area contributed by atoms with Crippen molar-refractivity contribution >= 4 is 0 Å². The van der Waals surface area contributed by atoms with Gasteiger partial charge in [0, 0.05) is 5.56 Å². The summed E-state index contributed by atoms with van der Waals surface area (Å²) in [5, 5.41) is 3.18. The standard InChI is InChI=1S/C11H17NO/c1-6-10(12-5)11-7(2)8(3)13-9(11)4/h6,10,12H,1H2,2-5H3.